The van der Waals surface area contributed by atoms with Crippen molar-refractivity contribution in [1.82, 2.24) is 10.3 Å². The Bertz CT molecular complexity index is 381. The van der Waals surface area contributed by atoms with Gasteiger partial charge in [0.15, 0.2) is 0 Å². The smallest absolute Gasteiger partial charge is 0.141 e. The van der Waals surface area contributed by atoms with Crippen molar-refractivity contribution in [3.8, 4) is 0 Å². The SMILES string of the molecule is CCNCc1cc(F)cnc1N1CCC(C)C1. The van der Waals surface area contributed by atoms with Crippen LogP contribution in [0.25, 0.3) is 0 Å². The largest absolute Gasteiger partial charge is 0.356 e. The summed E-state index contributed by atoms with van der Waals surface area (Å²) in [5.41, 5.74) is 0.959. The molecule has 0 aliphatic carbocycles. The molecule has 0 bridgehead atoms. The molecule has 94 valence electrons. The van der Waals surface area contributed by atoms with Crippen molar-refractivity contribution >= 4 is 5.82 Å². The molecule has 0 radical (unpaired) electrons. The van der Waals surface area contributed by atoms with Crippen molar-refractivity contribution < 1.29 is 4.39 Å². The van der Waals surface area contributed by atoms with Gasteiger partial charge < -0.3 is 10.2 Å². The van der Waals surface area contributed by atoms with Crippen LogP contribution in [-0.4, -0.2) is 24.6 Å². The molecule has 1 N–H and O–H groups in total. The molecule has 0 amide bonds. The fourth-order valence-electron chi connectivity index (χ4n) is 2.28. The van der Waals surface area contributed by atoms with Crippen LogP contribution in [0.3, 0.4) is 0 Å². The van der Waals surface area contributed by atoms with E-state index in [1.165, 1.54) is 12.6 Å². The van der Waals surface area contributed by atoms with Crippen LogP contribution in [0.5, 0.6) is 0 Å². The van der Waals surface area contributed by atoms with Gasteiger partial charge in [-0.25, -0.2) is 9.37 Å². The minimum absolute atomic E-state index is 0.256. The Morgan fingerprint density at radius 2 is 2.41 bits per heavy atom. The molecule has 1 atom stereocenters. The summed E-state index contributed by atoms with van der Waals surface area (Å²) in [6, 6.07) is 1.59. The summed E-state index contributed by atoms with van der Waals surface area (Å²) in [6.07, 6.45) is 2.51. The first-order valence-electron chi connectivity index (χ1n) is 6.30. The molecule has 4 heteroatoms. The Labute approximate surface area is 102 Å². The van der Waals surface area contributed by atoms with Gasteiger partial charge >= 0.3 is 0 Å². The second-order valence-corrected chi connectivity index (χ2v) is 4.76. The van der Waals surface area contributed by atoms with Crippen LogP contribution >= 0.6 is 0 Å². The Hall–Kier alpha value is -1.16. The maximum absolute atomic E-state index is 13.2. The van der Waals surface area contributed by atoms with Gasteiger partial charge in [-0.15, -0.1) is 0 Å². The number of hydrogen-bond acceptors (Lipinski definition) is 3. The molecule has 2 heterocycles. The van der Waals surface area contributed by atoms with Crippen molar-refractivity contribution in [3.63, 3.8) is 0 Å². The van der Waals surface area contributed by atoms with E-state index in [0.29, 0.717) is 12.5 Å². The number of pyridine rings is 1. The maximum atomic E-state index is 13.2. The highest BCUT2D eigenvalue weighted by atomic mass is 19.1. The van der Waals surface area contributed by atoms with E-state index < -0.39 is 0 Å². The zero-order valence-corrected chi connectivity index (χ0v) is 10.5. The average Bonchev–Trinajstić information content (AvgIpc) is 2.73. The minimum atomic E-state index is -0.256. The van der Waals surface area contributed by atoms with Crippen LogP contribution in [0.1, 0.15) is 25.8 Å². The van der Waals surface area contributed by atoms with E-state index in [0.717, 1.165) is 31.0 Å². The molecule has 1 aromatic heterocycles. The highest BCUT2D eigenvalue weighted by Gasteiger charge is 2.22. The van der Waals surface area contributed by atoms with Crippen molar-refractivity contribution in [2.75, 3.05) is 24.5 Å². The van der Waals surface area contributed by atoms with E-state index in [1.807, 2.05) is 6.92 Å². The lowest BCUT2D eigenvalue weighted by Crippen LogP contribution is -2.24. The summed E-state index contributed by atoms with van der Waals surface area (Å²) < 4.78 is 13.2. The standard InChI is InChI=1S/C13H20FN3/c1-3-15-7-11-6-12(14)8-16-13(11)17-5-4-10(2)9-17/h6,8,10,15H,3-5,7,9H2,1-2H3. The summed E-state index contributed by atoms with van der Waals surface area (Å²) in [7, 11) is 0. The molecule has 1 unspecified atom stereocenters. The molecule has 1 saturated heterocycles. The number of anilines is 1. The molecule has 3 nitrogen and oxygen atoms in total. The van der Waals surface area contributed by atoms with Crippen LogP contribution in [-0.2, 0) is 6.54 Å². The fraction of sp³-hybridized carbons (Fsp3) is 0.615. The lowest BCUT2D eigenvalue weighted by molar-refractivity contribution is 0.612. The number of nitrogens with zero attached hydrogens (tertiary/aromatic N) is 2. The Morgan fingerprint density at radius 1 is 1.59 bits per heavy atom. The monoisotopic (exact) mass is 237 g/mol. The van der Waals surface area contributed by atoms with Crippen LogP contribution in [0.15, 0.2) is 12.3 Å². The third-order valence-corrected chi connectivity index (χ3v) is 3.20. The molecule has 1 aromatic rings. The Balaban J connectivity index is 2.19. The van der Waals surface area contributed by atoms with E-state index in [-0.39, 0.29) is 5.82 Å². The van der Waals surface area contributed by atoms with Crippen molar-refractivity contribution in [2.24, 2.45) is 5.92 Å². The molecule has 0 saturated carbocycles. The summed E-state index contributed by atoms with van der Waals surface area (Å²) in [5, 5.41) is 3.23. The van der Waals surface area contributed by atoms with E-state index in [2.05, 4.69) is 22.1 Å². The Morgan fingerprint density at radius 3 is 3.06 bits per heavy atom. The van der Waals surface area contributed by atoms with Gasteiger partial charge in [-0.3, -0.25) is 0 Å². The predicted molar refractivity (Wildman–Crippen MR) is 67.6 cm³/mol. The van der Waals surface area contributed by atoms with Gasteiger partial charge in [0.2, 0.25) is 0 Å². The summed E-state index contributed by atoms with van der Waals surface area (Å²) in [5.74, 6) is 1.39. The van der Waals surface area contributed by atoms with Gasteiger partial charge in [0.25, 0.3) is 0 Å². The van der Waals surface area contributed by atoms with Crippen molar-refractivity contribution in [2.45, 2.75) is 26.8 Å². The third kappa shape index (κ3) is 2.94. The fourth-order valence-corrected chi connectivity index (χ4v) is 2.28. The maximum Gasteiger partial charge on any atom is 0.141 e. The second-order valence-electron chi connectivity index (χ2n) is 4.76. The predicted octanol–water partition coefficient (Wildman–Crippen LogP) is 2.18. The topological polar surface area (TPSA) is 28.2 Å². The van der Waals surface area contributed by atoms with Crippen LogP contribution in [0.2, 0.25) is 0 Å². The number of aromatic nitrogens is 1. The highest BCUT2D eigenvalue weighted by Crippen LogP contribution is 2.25. The first kappa shape index (κ1) is 12.3. The normalized spacial score (nSPS) is 19.9. The van der Waals surface area contributed by atoms with Gasteiger partial charge in [0, 0.05) is 25.2 Å². The summed E-state index contributed by atoms with van der Waals surface area (Å²) >= 11 is 0. The number of rotatable bonds is 4. The Kier molecular flexibility index (Phi) is 3.94. The van der Waals surface area contributed by atoms with E-state index in [9.17, 15) is 4.39 Å². The van der Waals surface area contributed by atoms with Crippen LogP contribution < -0.4 is 10.2 Å². The van der Waals surface area contributed by atoms with Gasteiger partial charge in [-0.1, -0.05) is 13.8 Å². The first-order chi connectivity index (χ1) is 8.20. The lowest BCUT2D eigenvalue weighted by atomic mass is 10.2. The van der Waals surface area contributed by atoms with E-state index in [1.54, 1.807) is 6.07 Å². The summed E-state index contributed by atoms with van der Waals surface area (Å²) in [6.45, 7) is 7.91. The van der Waals surface area contributed by atoms with Gasteiger partial charge in [-0.05, 0) is 24.9 Å². The van der Waals surface area contributed by atoms with Gasteiger partial charge in [0.1, 0.15) is 11.6 Å². The summed E-state index contributed by atoms with van der Waals surface area (Å²) in [4.78, 5) is 6.52. The second kappa shape index (κ2) is 5.45. The third-order valence-electron chi connectivity index (χ3n) is 3.20. The molecule has 2 rings (SSSR count). The highest BCUT2D eigenvalue weighted by molar-refractivity contribution is 5.47. The molecule has 1 aliphatic heterocycles. The number of halogens is 1. The minimum Gasteiger partial charge on any atom is -0.356 e. The van der Waals surface area contributed by atoms with E-state index >= 15 is 0 Å². The van der Waals surface area contributed by atoms with Crippen molar-refractivity contribution in [3.05, 3.63) is 23.6 Å². The van der Waals surface area contributed by atoms with Crippen LogP contribution in [0, 0.1) is 11.7 Å². The molecular weight excluding hydrogens is 217 g/mol. The van der Waals surface area contributed by atoms with Crippen molar-refractivity contribution in [1.29, 1.82) is 0 Å². The molecular formula is C13H20FN3. The zero-order chi connectivity index (χ0) is 12.3. The average molecular weight is 237 g/mol. The lowest BCUT2D eigenvalue weighted by Gasteiger charge is -2.20. The first-order valence-corrected chi connectivity index (χ1v) is 6.30. The molecule has 1 aliphatic rings. The van der Waals surface area contributed by atoms with E-state index in [4.69, 9.17) is 0 Å². The quantitative estimate of drug-likeness (QED) is 0.870. The molecule has 0 aromatic carbocycles. The molecule has 0 spiro atoms. The zero-order valence-electron chi connectivity index (χ0n) is 10.5. The van der Waals surface area contributed by atoms with Gasteiger partial charge in [0.05, 0.1) is 6.20 Å². The molecule has 1 fully saturated rings. The number of hydrogen-bond donors (Lipinski definition) is 1. The van der Waals surface area contributed by atoms with Crippen LogP contribution in [0.4, 0.5) is 10.2 Å². The molecule has 17 heavy (non-hydrogen) atoms. The number of nitrogens with one attached hydrogen (secondary N) is 1. The van der Waals surface area contributed by atoms with Gasteiger partial charge in [-0.2, -0.15) is 0 Å².